The van der Waals surface area contributed by atoms with Crippen molar-refractivity contribution in [3.8, 4) is 22.6 Å². The van der Waals surface area contributed by atoms with Crippen LogP contribution in [0.15, 0.2) is 65.1 Å². The van der Waals surface area contributed by atoms with E-state index in [2.05, 4.69) is 4.98 Å². The predicted molar refractivity (Wildman–Crippen MR) is 95.7 cm³/mol. The lowest BCUT2D eigenvalue weighted by atomic mass is 9.82. The standard InChI is InChI=1S/C21H21NO3/c23-17-13-7-8-14-21(17,24)20-22-18(15-9-3-1-4-10-15)19(25-20)16-11-5-2-6-12-16/h1-6,9-12,17,23-24H,7-8,13-14H2/t17-,21+/m1/s1. The van der Waals surface area contributed by atoms with E-state index in [1.54, 1.807) is 0 Å². The second kappa shape index (κ2) is 6.47. The van der Waals surface area contributed by atoms with Crippen molar-refractivity contribution in [3.63, 3.8) is 0 Å². The lowest BCUT2D eigenvalue weighted by Gasteiger charge is -2.33. The van der Waals surface area contributed by atoms with Gasteiger partial charge in [0.25, 0.3) is 0 Å². The van der Waals surface area contributed by atoms with Crippen LogP contribution < -0.4 is 0 Å². The van der Waals surface area contributed by atoms with Gasteiger partial charge in [-0.3, -0.25) is 0 Å². The van der Waals surface area contributed by atoms with E-state index in [0.717, 1.165) is 24.0 Å². The molecule has 0 bridgehead atoms. The Morgan fingerprint density at radius 3 is 2.20 bits per heavy atom. The first-order valence-electron chi connectivity index (χ1n) is 8.71. The van der Waals surface area contributed by atoms with Crippen molar-refractivity contribution < 1.29 is 14.6 Å². The molecule has 0 amide bonds. The zero-order valence-electron chi connectivity index (χ0n) is 13.9. The van der Waals surface area contributed by atoms with Gasteiger partial charge in [0.15, 0.2) is 11.4 Å². The van der Waals surface area contributed by atoms with Crippen LogP contribution in [0.25, 0.3) is 22.6 Å². The van der Waals surface area contributed by atoms with Gasteiger partial charge >= 0.3 is 0 Å². The monoisotopic (exact) mass is 335 g/mol. The molecule has 25 heavy (non-hydrogen) atoms. The van der Waals surface area contributed by atoms with Gasteiger partial charge in [0.05, 0.1) is 6.10 Å². The molecule has 0 aliphatic heterocycles. The van der Waals surface area contributed by atoms with Crippen molar-refractivity contribution in [2.24, 2.45) is 0 Å². The van der Waals surface area contributed by atoms with Crippen LogP contribution in [0.1, 0.15) is 31.6 Å². The normalized spacial score (nSPS) is 23.5. The molecule has 3 aromatic rings. The molecule has 0 saturated heterocycles. The number of rotatable bonds is 3. The number of aliphatic hydroxyl groups excluding tert-OH is 1. The number of hydrogen-bond donors (Lipinski definition) is 2. The van der Waals surface area contributed by atoms with Crippen molar-refractivity contribution in [3.05, 3.63) is 66.6 Å². The van der Waals surface area contributed by atoms with Crippen molar-refractivity contribution in [2.75, 3.05) is 0 Å². The van der Waals surface area contributed by atoms with Crippen LogP contribution in [0.5, 0.6) is 0 Å². The van der Waals surface area contributed by atoms with Gasteiger partial charge in [-0.15, -0.1) is 0 Å². The van der Waals surface area contributed by atoms with E-state index in [1.165, 1.54) is 0 Å². The Morgan fingerprint density at radius 2 is 1.56 bits per heavy atom. The third-order valence-corrected chi connectivity index (χ3v) is 4.92. The molecule has 2 N–H and O–H groups in total. The molecule has 2 atom stereocenters. The average molecular weight is 335 g/mol. The smallest absolute Gasteiger partial charge is 0.230 e. The van der Waals surface area contributed by atoms with E-state index >= 15 is 0 Å². The van der Waals surface area contributed by atoms with Crippen LogP contribution in [0.4, 0.5) is 0 Å². The third-order valence-electron chi connectivity index (χ3n) is 4.92. The maximum Gasteiger partial charge on any atom is 0.230 e. The third kappa shape index (κ3) is 2.88. The Morgan fingerprint density at radius 1 is 0.920 bits per heavy atom. The van der Waals surface area contributed by atoms with Gasteiger partial charge < -0.3 is 14.6 Å². The van der Waals surface area contributed by atoms with E-state index in [4.69, 9.17) is 4.42 Å². The number of hydrogen-bond acceptors (Lipinski definition) is 4. The minimum Gasteiger partial charge on any atom is -0.437 e. The number of nitrogens with zero attached hydrogens (tertiary/aromatic N) is 1. The summed E-state index contributed by atoms with van der Waals surface area (Å²) in [6.07, 6.45) is 1.91. The fourth-order valence-corrected chi connectivity index (χ4v) is 3.47. The molecule has 4 nitrogen and oxygen atoms in total. The average Bonchev–Trinajstić information content (AvgIpc) is 3.12. The highest BCUT2D eigenvalue weighted by Crippen LogP contribution is 2.41. The van der Waals surface area contributed by atoms with Gasteiger partial charge in [0, 0.05) is 11.1 Å². The number of aliphatic hydroxyl groups is 2. The van der Waals surface area contributed by atoms with Gasteiger partial charge in [-0.2, -0.15) is 0 Å². The summed E-state index contributed by atoms with van der Waals surface area (Å²) < 4.78 is 6.05. The highest BCUT2D eigenvalue weighted by atomic mass is 16.4. The van der Waals surface area contributed by atoms with Crippen molar-refractivity contribution in [1.82, 2.24) is 4.98 Å². The highest BCUT2D eigenvalue weighted by Gasteiger charge is 2.44. The van der Waals surface area contributed by atoms with Gasteiger partial charge in [0.2, 0.25) is 5.89 Å². The molecule has 0 unspecified atom stereocenters. The first-order chi connectivity index (χ1) is 12.2. The number of benzene rings is 2. The van der Waals surface area contributed by atoms with Crippen molar-refractivity contribution in [2.45, 2.75) is 37.4 Å². The maximum atomic E-state index is 11.0. The van der Waals surface area contributed by atoms with Gasteiger partial charge in [-0.1, -0.05) is 67.1 Å². The maximum absolute atomic E-state index is 11.0. The van der Waals surface area contributed by atoms with Gasteiger partial charge in [-0.05, 0) is 19.3 Å². The molecule has 1 saturated carbocycles. The Hall–Kier alpha value is -2.43. The fourth-order valence-electron chi connectivity index (χ4n) is 3.47. The Balaban J connectivity index is 1.87. The summed E-state index contributed by atoms with van der Waals surface area (Å²) in [6.45, 7) is 0. The topological polar surface area (TPSA) is 66.5 Å². The first kappa shape index (κ1) is 16.1. The van der Waals surface area contributed by atoms with Crippen LogP contribution in [-0.2, 0) is 5.60 Å². The second-order valence-corrected chi connectivity index (χ2v) is 6.61. The molecule has 1 aliphatic carbocycles. The van der Waals surface area contributed by atoms with E-state index in [-0.39, 0.29) is 5.89 Å². The van der Waals surface area contributed by atoms with E-state index in [0.29, 0.717) is 24.3 Å². The number of oxazole rings is 1. The van der Waals surface area contributed by atoms with Crippen molar-refractivity contribution in [1.29, 1.82) is 0 Å². The number of aromatic nitrogens is 1. The zero-order chi connectivity index (χ0) is 17.3. The summed E-state index contributed by atoms with van der Waals surface area (Å²) in [7, 11) is 0. The minimum atomic E-state index is -1.42. The Kier molecular flexibility index (Phi) is 4.15. The molecule has 1 fully saturated rings. The quantitative estimate of drug-likeness (QED) is 0.755. The van der Waals surface area contributed by atoms with Gasteiger partial charge in [0.1, 0.15) is 5.69 Å². The lowest BCUT2D eigenvalue weighted by Crippen LogP contribution is -2.42. The molecule has 1 aromatic heterocycles. The van der Waals surface area contributed by atoms with Crippen LogP contribution in [0.2, 0.25) is 0 Å². The largest absolute Gasteiger partial charge is 0.437 e. The van der Waals surface area contributed by atoms with E-state index < -0.39 is 11.7 Å². The molecule has 0 radical (unpaired) electrons. The molecule has 4 rings (SSSR count). The second-order valence-electron chi connectivity index (χ2n) is 6.61. The molecule has 2 aromatic carbocycles. The summed E-state index contributed by atoms with van der Waals surface area (Å²) in [4.78, 5) is 4.63. The van der Waals surface area contributed by atoms with Gasteiger partial charge in [-0.25, -0.2) is 4.98 Å². The molecule has 0 spiro atoms. The SMILES string of the molecule is O[C@@H]1CCCC[C@@]1(O)c1nc(-c2ccccc2)c(-c2ccccc2)o1. The van der Waals surface area contributed by atoms with E-state index in [1.807, 2.05) is 60.7 Å². The van der Waals surface area contributed by atoms with Crippen LogP contribution >= 0.6 is 0 Å². The summed E-state index contributed by atoms with van der Waals surface area (Å²) in [5.74, 6) is 0.824. The Bertz CT molecular complexity index is 787. The molecule has 1 heterocycles. The summed E-state index contributed by atoms with van der Waals surface area (Å²) in [6, 6.07) is 19.5. The minimum absolute atomic E-state index is 0.206. The first-order valence-corrected chi connectivity index (χ1v) is 8.71. The zero-order valence-corrected chi connectivity index (χ0v) is 13.9. The molecule has 128 valence electrons. The summed E-state index contributed by atoms with van der Waals surface area (Å²) in [5, 5.41) is 21.4. The highest BCUT2D eigenvalue weighted by molar-refractivity contribution is 5.76. The lowest BCUT2D eigenvalue weighted by molar-refractivity contribution is -0.120. The van der Waals surface area contributed by atoms with Crippen molar-refractivity contribution >= 4 is 0 Å². The van der Waals surface area contributed by atoms with E-state index in [9.17, 15) is 10.2 Å². The Labute approximate surface area is 146 Å². The summed E-state index contributed by atoms with van der Waals surface area (Å²) >= 11 is 0. The van der Waals surface area contributed by atoms with Crippen LogP contribution in [0, 0.1) is 0 Å². The molecular formula is C21H21NO3. The summed E-state index contributed by atoms with van der Waals surface area (Å²) in [5.41, 5.74) is 1.08. The van der Waals surface area contributed by atoms with Crippen LogP contribution in [0.3, 0.4) is 0 Å². The van der Waals surface area contributed by atoms with Crippen LogP contribution in [-0.4, -0.2) is 21.3 Å². The molecular weight excluding hydrogens is 314 g/mol. The predicted octanol–water partition coefficient (Wildman–Crippen LogP) is 4.13. The molecule has 1 aliphatic rings. The fraction of sp³-hybridized carbons (Fsp3) is 0.286. The molecule has 4 heteroatoms.